The summed E-state index contributed by atoms with van der Waals surface area (Å²) >= 11 is 0. The van der Waals surface area contributed by atoms with Crippen molar-refractivity contribution in [3.05, 3.63) is 35.9 Å². The van der Waals surface area contributed by atoms with E-state index < -0.39 is 0 Å². The summed E-state index contributed by atoms with van der Waals surface area (Å²) in [5.74, 6) is 0.795. The van der Waals surface area contributed by atoms with Gasteiger partial charge in [-0.3, -0.25) is 0 Å². The van der Waals surface area contributed by atoms with Crippen molar-refractivity contribution in [2.45, 2.75) is 26.3 Å². The maximum absolute atomic E-state index is 9.32. The van der Waals surface area contributed by atoms with E-state index in [-0.39, 0.29) is 12.6 Å². The quantitative estimate of drug-likeness (QED) is 0.906. The molecule has 0 amide bonds. The number of nitriles is 1. The van der Waals surface area contributed by atoms with Crippen LogP contribution in [0.1, 0.15) is 25.8 Å². The molecule has 0 saturated heterocycles. The summed E-state index contributed by atoms with van der Waals surface area (Å²) in [5.41, 5.74) is 1.47. The van der Waals surface area contributed by atoms with Gasteiger partial charge < -0.3 is 10.0 Å². The van der Waals surface area contributed by atoms with Crippen LogP contribution in [0.15, 0.2) is 30.3 Å². The standard InChI is InChI=1S/C16H19N3O/c1-12(2)19(8-5-9-20)16-10-13(11-17)14-6-3-4-7-15(14)18-16/h3-4,6-7,10,12,20H,5,8-9H2,1-2H3. The number of aliphatic hydroxyl groups is 1. The molecule has 1 heterocycles. The van der Waals surface area contributed by atoms with Crippen molar-refractivity contribution in [3.8, 4) is 6.07 Å². The summed E-state index contributed by atoms with van der Waals surface area (Å²) < 4.78 is 0. The minimum absolute atomic E-state index is 0.155. The number of rotatable bonds is 5. The van der Waals surface area contributed by atoms with Crippen molar-refractivity contribution in [1.29, 1.82) is 5.26 Å². The fourth-order valence-electron chi connectivity index (χ4n) is 2.28. The first-order valence-electron chi connectivity index (χ1n) is 6.84. The maximum Gasteiger partial charge on any atom is 0.130 e. The second-order valence-electron chi connectivity index (χ2n) is 5.02. The lowest BCUT2D eigenvalue weighted by Crippen LogP contribution is -2.33. The molecular formula is C16H19N3O. The zero-order valence-electron chi connectivity index (χ0n) is 11.9. The first-order valence-corrected chi connectivity index (χ1v) is 6.84. The van der Waals surface area contributed by atoms with E-state index in [1.165, 1.54) is 0 Å². The van der Waals surface area contributed by atoms with E-state index in [2.05, 4.69) is 29.8 Å². The van der Waals surface area contributed by atoms with Gasteiger partial charge in [0.05, 0.1) is 17.1 Å². The molecule has 104 valence electrons. The van der Waals surface area contributed by atoms with Gasteiger partial charge in [0.2, 0.25) is 0 Å². The largest absolute Gasteiger partial charge is 0.396 e. The van der Waals surface area contributed by atoms with Crippen LogP contribution in [0.5, 0.6) is 0 Å². The fourth-order valence-corrected chi connectivity index (χ4v) is 2.28. The summed E-state index contributed by atoms with van der Waals surface area (Å²) in [6, 6.07) is 12.0. The van der Waals surface area contributed by atoms with Gasteiger partial charge in [-0.1, -0.05) is 18.2 Å². The van der Waals surface area contributed by atoms with E-state index in [0.29, 0.717) is 12.0 Å². The van der Waals surface area contributed by atoms with E-state index in [9.17, 15) is 5.26 Å². The van der Waals surface area contributed by atoms with Gasteiger partial charge in [-0.15, -0.1) is 0 Å². The molecule has 0 saturated carbocycles. The van der Waals surface area contributed by atoms with Gasteiger partial charge in [0.15, 0.2) is 0 Å². The second kappa shape index (κ2) is 6.36. The van der Waals surface area contributed by atoms with Crippen molar-refractivity contribution in [2.24, 2.45) is 0 Å². The van der Waals surface area contributed by atoms with Gasteiger partial charge in [-0.2, -0.15) is 5.26 Å². The summed E-state index contributed by atoms with van der Waals surface area (Å²) in [6.07, 6.45) is 0.689. The van der Waals surface area contributed by atoms with Crippen molar-refractivity contribution in [1.82, 2.24) is 4.98 Å². The highest BCUT2D eigenvalue weighted by Gasteiger charge is 2.14. The van der Waals surface area contributed by atoms with Crippen LogP contribution in [0, 0.1) is 11.3 Å². The topological polar surface area (TPSA) is 60.1 Å². The molecule has 0 unspecified atom stereocenters. The molecule has 0 radical (unpaired) electrons. The van der Waals surface area contributed by atoms with E-state index in [4.69, 9.17) is 5.11 Å². The van der Waals surface area contributed by atoms with Crippen LogP contribution < -0.4 is 4.90 Å². The highest BCUT2D eigenvalue weighted by atomic mass is 16.3. The molecule has 1 aromatic carbocycles. The third kappa shape index (κ3) is 2.89. The first kappa shape index (κ1) is 14.3. The van der Waals surface area contributed by atoms with Crippen LogP contribution in [0.3, 0.4) is 0 Å². The van der Waals surface area contributed by atoms with Gasteiger partial charge >= 0.3 is 0 Å². The minimum Gasteiger partial charge on any atom is -0.396 e. The molecule has 2 aromatic rings. The first-order chi connectivity index (χ1) is 9.67. The fraction of sp³-hybridized carbons (Fsp3) is 0.375. The van der Waals surface area contributed by atoms with Gasteiger partial charge in [-0.25, -0.2) is 4.98 Å². The predicted octanol–water partition coefficient (Wildman–Crippen LogP) is 2.70. The smallest absolute Gasteiger partial charge is 0.130 e. The molecule has 1 aromatic heterocycles. The van der Waals surface area contributed by atoms with E-state index in [0.717, 1.165) is 23.3 Å². The van der Waals surface area contributed by atoms with Crippen LogP contribution in [0.4, 0.5) is 5.82 Å². The third-order valence-corrected chi connectivity index (χ3v) is 3.30. The predicted molar refractivity (Wildman–Crippen MR) is 80.6 cm³/mol. The zero-order chi connectivity index (χ0) is 14.5. The number of para-hydroxylation sites is 1. The number of anilines is 1. The molecule has 1 N–H and O–H groups in total. The summed E-state index contributed by atoms with van der Waals surface area (Å²) in [5, 5.41) is 19.2. The highest BCUT2D eigenvalue weighted by molar-refractivity contribution is 5.86. The van der Waals surface area contributed by atoms with Crippen molar-refractivity contribution < 1.29 is 5.11 Å². The monoisotopic (exact) mass is 269 g/mol. The normalized spacial score (nSPS) is 10.8. The number of aromatic nitrogens is 1. The molecule has 0 spiro atoms. The van der Waals surface area contributed by atoms with Gasteiger partial charge in [0.1, 0.15) is 5.82 Å². The number of nitrogens with zero attached hydrogens (tertiary/aromatic N) is 3. The van der Waals surface area contributed by atoms with Gasteiger partial charge in [0, 0.05) is 24.6 Å². The van der Waals surface area contributed by atoms with E-state index in [1.807, 2.05) is 30.3 Å². The van der Waals surface area contributed by atoms with Crippen molar-refractivity contribution >= 4 is 16.7 Å². The molecule has 0 fully saturated rings. The molecule has 0 aliphatic rings. The lowest BCUT2D eigenvalue weighted by Gasteiger charge is -2.28. The Morgan fingerprint density at radius 2 is 2.10 bits per heavy atom. The third-order valence-electron chi connectivity index (χ3n) is 3.30. The Labute approximate surface area is 119 Å². The van der Waals surface area contributed by atoms with Gasteiger partial charge in [0.25, 0.3) is 0 Å². The number of hydrogen-bond donors (Lipinski definition) is 1. The number of aliphatic hydroxyl groups excluding tert-OH is 1. The van der Waals surface area contributed by atoms with Crippen LogP contribution in [-0.2, 0) is 0 Å². The van der Waals surface area contributed by atoms with E-state index >= 15 is 0 Å². The Morgan fingerprint density at radius 1 is 1.35 bits per heavy atom. The highest BCUT2D eigenvalue weighted by Crippen LogP contribution is 2.23. The molecule has 2 rings (SSSR count). The number of pyridine rings is 1. The lowest BCUT2D eigenvalue weighted by atomic mass is 10.1. The number of hydrogen-bond acceptors (Lipinski definition) is 4. The Morgan fingerprint density at radius 3 is 2.75 bits per heavy atom. The zero-order valence-corrected chi connectivity index (χ0v) is 11.9. The minimum atomic E-state index is 0.155. The second-order valence-corrected chi connectivity index (χ2v) is 5.02. The average Bonchev–Trinajstić information content (AvgIpc) is 2.46. The maximum atomic E-state index is 9.32. The summed E-state index contributed by atoms with van der Waals surface area (Å²) in [6.45, 7) is 5.05. The molecule has 0 bridgehead atoms. The van der Waals surface area contributed by atoms with E-state index in [1.54, 1.807) is 0 Å². The van der Waals surface area contributed by atoms with Crippen LogP contribution >= 0.6 is 0 Å². The van der Waals surface area contributed by atoms with Crippen molar-refractivity contribution in [2.75, 3.05) is 18.1 Å². The molecule has 4 nitrogen and oxygen atoms in total. The number of fused-ring (bicyclic) bond motifs is 1. The summed E-state index contributed by atoms with van der Waals surface area (Å²) in [7, 11) is 0. The average molecular weight is 269 g/mol. The Kier molecular flexibility index (Phi) is 4.54. The van der Waals surface area contributed by atoms with Crippen molar-refractivity contribution in [3.63, 3.8) is 0 Å². The molecule has 4 heteroatoms. The molecule has 0 atom stereocenters. The molecular weight excluding hydrogens is 250 g/mol. The number of benzene rings is 1. The lowest BCUT2D eigenvalue weighted by molar-refractivity contribution is 0.288. The van der Waals surface area contributed by atoms with Crippen LogP contribution in [-0.4, -0.2) is 29.3 Å². The van der Waals surface area contributed by atoms with Crippen LogP contribution in [0.25, 0.3) is 10.9 Å². The Balaban J connectivity index is 2.50. The summed E-state index contributed by atoms with van der Waals surface area (Å²) in [4.78, 5) is 6.77. The van der Waals surface area contributed by atoms with Gasteiger partial charge in [-0.05, 0) is 32.4 Å². The molecule has 0 aliphatic heterocycles. The van der Waals surface area contributed by atoms with Crippen LogP contribution in [0.2, 0.25) is 0 Å². The molecule has 20 heavy (non-hydrogen) atoms. The molecule has 0 aliphatic carbocycles. The SMILES string of the molecule is CC(C)N(CCCO)c1cc(C#N)c2ccccc2n1. The Hall–Kier alpha value is -2.12. The Bertz CT molecular complexity index is 631.